The van der Waals surface area contributed by atoms with E-state index in [4.69, 9.17) is 14.2 Å². The van der Waals surface area contributed by atoms with Gasteiger partial charge in [-0.3, -0.25) is 4.79 Å². The van der Waals surface area contributed by atoms with Gasteiger partial charge in [0.25, 0.3) is 0 Å². The van der Waals surface area contributed by atoms with Crippen molar-refractivity contribution in [2.45, 2.75) is 31.2 Å². The number of ether oxygens (including phenoxy) is 3. The van der Waals surface area contributed by atoms with Crippen molar-refractivity contribution in [2.24, 2.45) is 0 Å². The highest BCUT2D eigenvalue weighted by Crippen LogP contribution is 2.44. The molecule has 0 atom stereocenters. The summed E-state index contributed by atoms with van der Waals surface area (Å²) in [6.07, 6.45) is 2.80. The first-order valence-corrected chi connectivity index (χ1v) is 9.66. The highest BCUT2D eigenvalue weighted by Gasteiger charge is 2.45. The summed E-state index contributed by atoms with van der Waals surface area (Å²) >= 11 is 3.45. The Bertz CT molecular complexity index is 790. The van der Waals surface area contributed by atoms with Crippen LogP contribution in [0.15, 0.2) is 40.9 Å². The van der Waals surface area contributed by atoms with Gasteiger partial charge in [-0.25, -0.2) is 0 Å². The molecule has 1 fully saturated rings. The smallest absolute Gasteiger partial charge is 0.230 e. The second kappa shape index (κ2) is 8.21. The van der Waals surface area contributed by atoms with E-state index in [9.17, 15) is 4.79 Å². The molecule has 0 unspecified atom stereocenters. The molecular weight excluding hydrogens is 410 g/mol. The monoisotopic (exact) mass is 433 g/mol. The van der Waals surface area contributed by atoms with Gasteiger partial charge in [0, 0.05) is 11.0 Å². The lowest BCUT2D eigenvalue weighted by Crippen LogP contribution is -2.48. The van der Waals surface area contributed by atoms with E-state index in [0.29, 0.717) is 23.8 Å². The van der Waals surface area contributed by atoms with Crippen molar-refractivity contribution in [1.29, 1.82) is 0 Å². The minimum Gasteiger partial charge on any atom is -0.493 e. The molecule has 6 heteroatoms. The molecule has 0 radical (unpaired) electrons. The van der Waals surface area contributed by atoms with Crippen LogP contribution in [0.3, 0.4) is 0 Å². The predicted octanol–water partition coefficient (Wildman–Crippen LogP) is 4.21. The molecule has 0 aromatic heterocycles. The molecule has 0 saturated heterocycles. The van der Waals surface area contributed by atoms with Crippen molar-refractivity contribution in [3.05, 3.63) is 52.0 Å². The van der Waals surface area contributed by atoms with Gasteiger partial charge < -0.3 is 19.5 Å². The van der Waals surface area contributed by atoms with E-state index in [1.807, 2.05) is 36.4 Å². The quantitative estimate of drug-likeness (QED) is 0.710. The summed E-state index contributed by atoms with van der Waals surface area (Å²) in [5.41, 5.74) is 1.53. The van der Waals surface area contributed by atoms with E-state index in [0.717, 1.165) is 34.9 Å². The van der Waals surface area contributed by atoms with Gasteiger partial charge >= 0.3 is 0 Å². The van der Waals surface area contributed by atoms with Gasteiger partial charge in [0.05, 0.1) is 26.7 Å². The number of methoxy groups -OCH3 is 3. The Kier molecular flexibility index (Phi) is 5.95. The first-order valence-electron chi connectivity index (χ1n) is 8.87. The van der Waals surface area contributed by atoms with E-state index in [2.05, 4.69) is 21.2 Å². The lowest BCUT2D eigenvalue weighted by Gasteiger charge is -2.40. The molecular formula is C21H24BrNO4. The Morgan fingerprint density at radius 3 is 2.07 bits per heavy atom. The summed E-state index contributed by atoms with van der Waals surface area (Å²) in [5, 5.41) is 3.09. The second-order valence-corrected chi connectivity index (χ2v) is 7.57. The second-order valence-electron chi connectivity index (χ2n) is 6.66. The van der Waals surface area contributed by atoms with Crippen LogP contribution in [-0.4, -0.2) is 27.2 Å². The number of rotatable bonds is 7. The summed E-state index contributed by atoms with van der Waals surface area (Å²) in [6, 6.07) is 11.7. The fraction of sp³-hybridized carbons (Fsp3) is 0.381. The van der Waals surface area contributed by atoms with Gasteiger partial charge in [-0.2, -0.15) is 0 Å². The molecule has 2 aromatic rings. The van der Waals surface area contributed by atoms with Gasteiger partial charge in [0.1, 0.15) is 0 Å². The standard InChI is InChI=1S/C21H24BrNO4/c1-25-17-11-14(12-18(26-2)19(17)27-3)13-23-20(24)21(9-4-10-21)15-5-7-16(22)8-6-15/h5-8,11-12H,4,9-10,13H2,1-3H3,(H,23,24). The van der Waals surface area contributed by atoms with E-state index < -0.39 is 5.41 Å². The molecule has 1 amide bonds. The van der Waals surface area contributed by atoms with Crippen LogP contribution in [-0.2, 0) is 16.8 Å². The van der Waals surface area contributed by atoms with Crippen LogP contribution in [0.1, 0.15) is 30.4 Å². The molecule has 0 heterocycles. The van der Waals surface area contributed by atoms with Crippen molar-refractivity contribution in [1.82, 2.24) is 5.32 Å². The Hall–Kier alpha value is -2.21. The molecule has 1 aliphatic carbocycles. The van der Waals surface area contributed by atoms with Gasteiger partial charge in [0.2, 0.25) is 11.7 Å². The zero-order valence-corrected chi connectivity index (χ0v) is 17.4. The van der Waals surface area contributed by atoms with E-state index in [1.54, 1.807) is 21.3 Å². The van der Waals surface area contributed by atoms with E-state index in [-0.39, 0.29) is 5.91 Å². The highest BCUT2D eigenvalue weighted by molar-refractivity contribution is 9.10. The molecule has 1 N–H and O–H groups in total. The number of hydrogen-bond acceptors (Lipinski definition) is 4. The first kappa shape index (κ1) is 19.5. The zero-order valence-electron chi connectivity index (χ0n) is 15.8. The molecule has 27 heavy (non-hydrogen) atoms. The molecule has 1 saturated carbocycles. The third-order valence-electron chi connectivity index (χ3n) is 5.22. The fourth-order valence-corrected chi connectivity index (χ4v) is 3.80. The summed E-state index contributed by atoms with van der Waals surface area (Å²) in [6.45, 7) is 0.397. The first-order chi connectivity index (χ1) is 13.0. The molecule has 2 aromatic carbocycles. The van der Waals surface area contributed by atoms with Gasteiger partial charge in [-0.15, -0.1) is 0 Å². The average molecular weight is 434 g/mol. The molecule has 144 valence electrons. The lowest BCUT2D eigenvalue weighted by atomic mass is 9.64. The normalized spacial score (nSPS) is 14.8. The van der Waals surface area contributed by atoms with Crippen molar-refractivity contribution in [2.75, 3.05) is 21.3 Å². The molecule has 1 aliphatic rings. The van der Waals surface area contributed by atoms with Gasteiger partial charge in [0.15, 0.2) is 11.5 Å². The minimum atomic E-state index is -0.429. The van der Waals surface area contributed by atoms with Crippen molar-refractivity contribution < 1.29 is 19.0 Å². The van der Waals surface area contributed by atoms with Crippen molar-refractivity contribution in [3.63, 3.8) is 0 Å². The Labute approximate surface area is 168 Å². The van der Waals surface area contributed by atoms with Crippen LogP contribution < -0.4 is 19.5 Å². The third-order valence-corrected chi connectivity index (χ3v) is 5.74. The van der Waals surface area contributed by atoms with Gasteiger partial charge in [-0.1, -0.05) is 34.5 Å². The maximum atomic E-state index is 13.0. The summed E-state index contributed by atoms with van der Waals surface area (Å²) in [7, 11) is 4.73. The number of amides is 1. The number of halogens is 1. The average Bonchev–Trinajstić information content (AvgIpc) is 2.65. The highest BCUT2D eigenvalue weighted by atomic mass is 79.9. The maximum absolute atomic E-state index is 13.0. The van der Waals surface area contributed by atoms with Crippen LogP contribution >= 0.6 is 15.9 Å². The van der Waals surface area contributed by atoms with Crippen LogP contribution in [0.2, 0.25) is 0 Å². The minimum absolute atomic E-state index is 0.0600. The van der Waals surface area contributed by atoms with E-state index >= 15 is 0 Å². The fourth-order valence-electron chi connectivity index (χ4n) is 3.54. The molecule has 0 bridgehead atoms. The van der Waals surface area contributed by atoms with Crippen LogP contribution in [0.25, 0.3) is 0 Å². The Morgan fingerprint density at radius 1 is 1.04 bits per heavy atom. The van der Waals surface area contributed by atoms with E-state index in [1.165, 1.54) is 0 Å². The SMILES string of the molecule is COc1cc(CNC(=O)C2(c3ccc(Br)cc3)CCC2)cc(OC)c1OC. The van der Waals surface area contributed by atoms with Crippen LogP contribution in [0, 0.1) is 0 Å². The Balaban J connectivity index is 1.78. The molecule has 5 nitrogen and oxygen atoms in total. The zero-order chi connectivity index (χ0) is 19.4. The number of carbonyl (C=O) groups excluding carboxylic acids is 1. The summed E-state index contributed by atoms with van der Waals surface area (Å²) in [4.78, 5) is 13.0. The number of hydrogen-bond donors (Lipinski definition) is 1. The maximum Gasteiger partial charge on any atom is 0.230 e. The predicted molar refractivity (Wildman–Crippen MR) is 108 cm³/mol. The van der Waals surface area contributed by atoms with Crippen molar-refractivity contribution >= 4 is 21.8 Å². The van der Waals surface area contributed by atoms with Crippen LogP contribution in [0.5, 0.6) is 17.2 Å². The lowest BCUT2D eigenvalue weighted by molar-refractivity contribution is -0.130. The van der Waals surface area contributed by atoms with Crippen molar-refractivity contribution in [3.8, 4) is 17.2 Å². The number of benzene rings is 2. The molecule has 3 rings (SSSR count). The topological polar surface area (TPSA) is 56.8 Å². The molecule has 0 aliphatic heterocycles. The third kappa shape index (κ3) is 3.76. The Morgan fingerprint density at radius 2 is 1.63 bits per heavy atom. The van der Waals surface area contributed by atoms with Crippen LogP contribution in [0.4, 0.5) is 0 Å². The van der Waals surface area contributed by atoms with Gasteiger partial charge in [-0.05, 0) is 48.2 Å². The largest absolute Gasteiger partial charge is 0.493 e. The summed E-state index contributed by atoms with van der Waals surface area (Å²) < 4.78 is 17.1. The number of nitrogens with one attached hydrogen (secondary N) is 1. The summed E-state index contributed by atoms with van der Waals surface area (Å²) in [5.74, 6) is 1.75. The number of carbonyl (C=O) groups is 1. The molecule has 0 spiro atoms.